The molecule has 1 aromatic rings. The summed E-state index contributed by atoms with van der Waals surface area (Å²) < 4.78 is 1.07. The Kier molecular flexibility index (Phi) is 6.98. The lowest BCUT2D eigenvalue weighted by molar-refractivity contribution is -0.120. The van der Waals surface area contributed by atoms with Gasteiger partial charge in [0.2, 0.25) is 5.91 Å². The fraction of sp³-hybridized carbons (Fsp3) is 0.500. The first-order valence-corrected chi connectivity index (χ1v) is 7.18. The summed E-state index contributed by atoms with van der Waals surface area (Å²) >= 11 is 3.41. The maximum atomic E-state index is 11.5. The van der Waals surface area contributed by atoms with Gasteiger partial charge < -0.3 is 10.6 Å². The van der Waals surface area contributed by atoms with Gasteiger partial charge in [-0.2, -0.15) is 0 Å². The number of unbranched alkanes of at least 4 members (excludes halogenated alkanes) is 1. The predicted octanol–water partition coefficient (Wildman–Crippen LogP) is 3.02. The lowest BCUT2D eigenvalue weighted by Crippen LogP contribution is -2.35. The Balaban J connectivity index is 2.30. The average molecular weight is 313 g/mol. The number of hydrogen-bond donors (Lipinski definition) is 2. The van der Waals surface area contributed by atoms with Crippen LogP contribution in [-0.4, -0.2) is 19.0 Å². The number of carbonyl (C=O) groups is 1. The van der Waals surface area contributed by atoms with Crippen molar-refractivity contribution in [3.05, 3.63) is 34.3 Å². The third kappa shape index (κ3) is 5.65. The van der Waals surface area contributed by atoms with Crippen molar-refractivity contribution in [3.8, 4) is 0 Å². The Morgan fingerprint density at radius 1 is 1.33 bits per heavy atom. The Bertz CT molecular complexity index is 365. The van der Waals surface area contributed by atoms with Crippen molar-refractivity contribution >= 4 is 21.8 Å². The van der Waals surface area contributed by atoms with Crippen LogP contribution in [-0.2, 0) is 4.79 Å². The Morgan fingerprint density at radius 2 is 2.00 bits per heavy atom. The number of rotatable bonds is 7. The number of halogens is 1. The van der Waals surface area contributed by atoms with Crippen LogP contribution in [0, 0.1) is 0 Å². The maximum Gasteiger partial charge on any atom is 0.233 e. The third-order valence-electron chi connectivity index (χ3n) is 2.79. The van der Waals surface area contributed by atoms with Crippen molar-refractivity contribution < 1.29 is 4.79 Å². The van der Waals surface area contributed by atoms with E-state index in [-0.39, 0.29) is 11.9 Å². The average Bonchev–Trinajstić information content (AvgIpc) is 2.37. The molecule has 4 heteroatoms. The first-order valence-electron chi connectivity index (χ1n) is 6.39. The lowest BCUT2D eigenvalue weighted by atomic mass is 10.1. The van der Waals surface area contributed by atoms with Gasteiger partial charge in [0.1, 0.15) is 0 Å². The highest BCUT2D eigenvalue weighted by atomic mass is 79.9. The van der Waals surface area contributed by atoms with Crippen LogP contribution in [0.25, 0.3) is 0 Å². The van der Waals surface area contributed by atoms with Gasteiger partial charge in [-0.1, -0.05) is 41.4 Å². The van der Waals surface area contributed by atoms with Gasteiger partial charge in [-0.15, -0.1) is 0 Å². The van der Waals surface area contributed by atoms with Crippen molar-refractivity contribution in [3.63, 3.8) is 0 Å². The van der Waals surface area contributed by atoms with E-state index in [1.54, 1.807) is 0 Å². The van der Waals surface area contributed by atoms with Crippen LogP contribution in [0.2, 0.25) is 0 Å². The van der Waals surface area contributed by atoms with Gasteiger partial charge in [-0.05, 0) is 31.0 Å². The quantitative estimate of drug-likeness (QED) is 0.760. The molecule has 0 aliphatic rings. The molecule has 0 saturated carbocycles. The van der Waals surface area contributed by atoms with Crippen LogP contribution in [0.1, 0.15) is 38.3 Å². The zero-order valence-corrected chi connectivity index (χ0v) is 12.6. The van der Waals surface area contributed by atoms with Gasteiger partial charge in [-0.25, -0.2) is 0 Å². The van der Waals surface area contributed by atoms with Crippen molar-refractivity contribution in [1.82, 2.24) is 10.6 Å². The lowest BCUT2D eigenvalue weighted by Gasteiger charge is -2.14. The molecule has 0 aromatic heterocycles. The topological polar surface area (TPSA) is 41.1 Å². The number of amides is 1. The van der Waals surface area contributed by atoms with E-state index >= 15 is 0 Å². The normalized spacial score (nSPS) is 12.2. The van der Waals surface area contributed by atoms with Gasteiger partial charge in [0.15, 0.2) is 0 Å². The summed E-state index contributed by atoms with van der Waals surface area (Å²) in [5, 5.41) is 6.11. The van der Waals surface area contributed by atoms with Gasteiger partial charge in [0.25, 0.3) is 0 Å². The maximum absolute atomic E-state index is 11.5. The molecule has 0 aliphatic heterocycles. The second kappa shape index (κ2) is 8.27. The molecular weight excluding hydrogens is 292 g/mol. The van der Waals surface area contributed by atoms with Gasteiger partial charge in [0, 0.05) is 17.1 Å². The van der Waals surface area contributed by atoms with Crippen molar-refractivity contribution in [2.45, 2.75) is 32.7 Å². The molecule has 1 aromatic carbocycles. The van der Waals surface area contributed by atoms with E-state index in [0.717, 1.165) is 23.9 Å². The molecule has 1 atom stereocenters. The van der Waals surface area contributed by atoms with Crippen LogP contribution >= 0.6 is 15.9 Å². The summed E-state index contributed by atoms with van der Waals surface area (Å²) in [7, 11) is 0. The minimum atomic E-state index is 0.0624. The highest BCUT2D eigenvalue weighted by molar-refractivity contribution is 9.10. The van der Waals surface area contributed by atoms with Crippen molar-refractivity contribution in [2.75, 3.05) is 13.1 Å². The van der Waals surface area contributed by atoms with E-state index in [2.05, 4.69) is 52.5 Å². The molecule has 1 amide bonds. The monoisotopic (exact) mass is 312 g/mol. The van der Waals surface area contributed by atoms with E-state index < -0.39 is 0 Å². The highest BCUT2D eigenvalue weighted by Gasteiger charge is 2.06. The van der Waals surface area contributed by atoms with Crippen LogP contribution < -0.4 is 10.6 Å². The molecule has 0 spiro atoms. The zero-order chi connectivity index (χ0) is 13.4. The summed E-state index contributed by atoms with van der Waals surface area (Å²) in [5.41, 5.74) is 1.18. The largest absolute Gasteiger partial charge is 0.355 e. The molecule has 3 nitrogen and oxygen atoms in total. The first-order chi connectivity index (χ1) is 8.63. The van der Waals surface area contributed by atoms with Crippen LogP contribution in [0.3, 0.4) is 0 Å². The number of carbonyl (C=O) groups excluding carboxylic acids is 1. The molecule has 100 valence electrons. The van der Waals surface area contributed by atoms with Crippen molar-refractivity contribution in [1.29, 1.82) is 0 Å². The zero-order valence-electron chi connectivity index (χ0n) is 11.0. The summed E-state index contributed by atoms with van der Waals surface area (Å²) in [6, 6.07) is 8.30. The molecule has 1 rings (SSSR count). The predicted molar refractivity (Wildman–Crippen MR) is 78.5 cm³/mol. The summed E-state index contributed by atoms with van der Waals surface area (Å²) in [6.07, 6.45) is 2.14. The molecule has 0 radical (unpaired) electrons. The van der Waals surface area contributed by atoms with E-state index in [1.807, 2.05) is 12.1 Å². The minimum Gasteiger partial charge on any atom is -0.355 e. The number of nitrogens with one attached hydrogen (secondary N) is 2. The van der Waals surface area contributed by atoms with Crippen molar-refractivity contribution in [2.24, 2.45) is 0 Å². The fourth-order valence-corrected chi connectivity index (χ4v) is 1.85. The number of hydrogen-bond acceptors (Lipinski definition) is 2. The summed E-state index contributed by atoms with van der Waals surface area (Å²) in [4.78, 5) is 11.5. The molecule has 1 unspecified atom stereocenters. The standard InChI is InChI=1S/C14H21BrN2O/c1-3-4-9-16-14(18)10-17-11(2)12-5-7-13(15)8-6-12/h5-8,11,17H,3-4,9-10H2,1-2H3,(H,16,18). The van der Waals surface area contributed by atoms with E-state index in [4.69, 9.17) is 0 Å². The van der Waals surface area contributed by atoms with Gasteiger partial charge >= 0.3 is 0 Å². The highest BCUT2D eigenvalue weighted by Crippen LogP contribution is 2.16. The van der Waals surface area contributed by atoms with Crippen LogP contribution in [0.5, 0.6) is 0 Å². The molecule has 0 saturated heterocycles. The molecule has 2 N–H and O–H groups in total. The second-order valence-corrected chi connectivity index (χ2v) is 5.27. The smallest absolute Gasteiger partial charge is 0.233 e. The molecule has 0 bridgehead atoms. The second-order valence-electron chi connectivity index (χ2n) is 4.36. The molecule has 18 heavy (non-hydrogen) atoms. The van der Waals surface area contributed by atoms with Crippen LogP contribution in [0.15, 0.2) is 28.7 Å². The molecular formula is C14H21BrN2O. The van der Waals surface area contributed by atoms with E-state index in [0.29, 0.717) is 6.54 Å². The summed E-state index contributed by atoms with van der Waals surface area (Å²) in [5.74, 6) is 0.0624. The Hall–Kier alpha value is -0.870. The minimum absolute atomic E-state index is 0.0624. The molecule has 0 aliphatic carbocycles. The Labute approximate surface area is 117 Å². The van der Waals surface area contributed by atoms with Gasteiger partial charge in [0.05, 0.1) is 6.54 Å². The fourth-order valence-electron chi connectivity index (χ4n) is 1.58. The van der Waals surface area contributed by atoms with E-state index in [9.17, 15) is 4.79 Å². The number of benzene rings is 1. The van der Waals surface area contributed by atoms with Gasteiger partial charge in [-0.3, -0.25) is 4.79 Å². The molecule has 0 heterocycles. The molecule has 0 fully saturated rings. The van der Waals surface area contributed by atoms with Crippen LogP contribution in [0.4, 0.5) is 0 Å². The summed E-state index contributed by atoms with van der Waals surface area (Å²) in [6.45, 7) is 5.30. The first kappa shape index (κ1) is 15.2. The Morgan fingerprint density at radius 3 is 2.61 bits per heavy atom. The van der Waals surface area contributed by atoms with E-state index in [1.165, 1.54) is 5.56 Å². The SMILES string of the molecule is CCCCNC(=O)CNC(C)c1ccc(Br)cc1. The third-order valence-corrected chi connectivity index (χ3v) is 3.32.